The molecule has 2 rings (SSSR count). The molecule has 2 aromatic rings. The summed E-state index contributed by atoms with van der Waals surface area (Å²) in [6.07, 6.45) is 1.03. The summed E-state index contributed by atoms with van der Waals surface area (Å²) in [4.78, 5) is 17.1. The molecule has 88 valence electrons. The maximum atomic E-state index is 13.2. The van der Waals surface area contributed by atoms with E-state index in [2.05, 4.69) is 9.97 Å². The van der Waals surface area contributed by atoms with Crippen LogP contribution in [0.2, 0.25) is 0 Å². The number of hydrogen-bond donors (Lipinski definition) is 2. The molecule has 0 aliphatic carbocycles. The van der Waals surface area contributed by atoms with Crippen LogP contribution in [0.1, 0.15) is 0 Å². The van der Waals surface area contributed by atoms with Crippen LogP contribution in [0.25, 0.3) is 0 Å². The van der Waals surface area contributed by atoms with Gasteiger partial charge in [-0.05, 0) is 12.1 Å². The Bertz CT molecular complexity index is 613. The average Bonchev–Trinajstić information content (AvgIpc) is 2.28. The number of nitrogens with one attached hydrogen (secondary N) is 1. The molecular formula is C10H7F2N3O2. The number of nitrogens with two attached hydrogens (primary N) is 1. The van der Waals surface area contributed by atoms with E-state index >= 15 is 0 Å². The number of benzene rings is 1. The van der Waals surface area contributed by atoms with Crippen molar-refractivity contribution in [3.8, 4) is 11.5 Å². The highest BCUT2D eigenvalue weighted by Crippen LogP contribution is 2.23. The number of anilines is 1. The number of nitrogen functional groups attached to an aromatic ring is 1. The Labute approximate surface area is 93.9 Å². The molecular weight excluding hydrogens is 232 g/mol. The zero-order chi connectivity index (χ0) is 12.4. The van der Waals surface area contributed by atoms with Crippen molar-refractivity contribution in [2.24, 2.45) is 0 Å². The summed E-state index contributed by atoms with van der Waals surface area (Å²) in [6.45, 7) is 0. The van der Waals surface area contributed by atoms with Gasteiger partial charge in [0.15, 0.2) is 17.5 Å². The van der Waals surface area contributed by atoms with Gasteiger partial charge < -0.3 is 10.5 Å². The zero-order valence-electron chi connectivity index (χ0n) is 8.41. The van der Waals surface area contributed by atoms with Crippen molar-refractivity contribution in [2.45, 2.75) is 0 Å². The number of hydrogen-bond acceptors (Lipinski definition) is 4. The highest BCUT2D eigenvalue weighted by molar-refractivity contribution is 5.31. The average molecular weight is 239 g/mol. The molecule has 0 spiro atoms. The van der Waals surface area contributed by atoms with Gasteiger partial charge in [0, 0.05) is 0 Å². The fourth-order valence-electron chi connectivity index (χ4n) is 1.15. The third-order valence-corrected chi connectivity index (χ3v) is 1.92. The van der Waals surface area contributed by atoms with Crippen LogP contribution in [-0.2, 0) is 0 Å². The van der Waals surface area contributed by atoms with E-state index in [0.29, 0.717) is 0 Å². The predicted octanol–water partition coefficient (Wildman–Crippen LogP) is 1.42. The minimum absolute atomic E-state index is 0.0953. The molecule has 0 saturated heterocycles. The Morgan fingerprint density at radius 2 is 2.06 bits per heavy atom. The highest BCUT2D eigenvalue weighted by Gasteiger charge is 2.11. The molecule has 0 aliphatic heterocycles. The highest BCUT2D eigenvalue weighted by atomic mass is 19.2. The standard InChI is InChI=1S/C10H7F2N3O2/c11-5-2-1-3-6(8(5)12)17-7-4-14-10(13)15-9(7)16/h1-4H,(H3,13,14,15,16). The molecule has 1 aromatic heterocycles. The van der Waals surface area contributed by atoms with Crippen LogP contribution in [-0.4, -0.2) is 9.97 Å². The lowest BCUT2D eigenvalue weighted by molar-refractivity contribution is 0.411. The summed E-state index contributed by atoms with van der Waals surface area (Å²) < 4.78 is 31.0. The second-order valence-electron chi connectivity index (χ2n) is 3.12. The first kappa shape index (κ1) is 11.1. The molecule has 0 atom stereocenters. The van der Waals surface area contributed by atoms with E-state index in [9.17, 15) is 13.6 Å². The molecule has 0 fully saturated rings. The van der Waals surface area contributed by atoms with E-state index in [1.807, 2.05) is 0 Å². The van der Waals surface area contributed by atoms with E-state index in [1.165, 1.54) is 12.1 Å². The summed E-state index contributed by atoms with van der Waals surface area (Å²) in [5.74, 6) is -3.01. The van der Waals surface area contributed by atoms with Gasteiger partial charge in [0.25, 0.3) is 5.56 Å². The van der Waals surface area contributed by atoms with Gasteiger partial charge in [-0.25, -0.2) is 9.37 Å². The van der Waals surface area contributed by atoms with Gasteiger partial charge in [-0.15, -0.1) is 0 Å². The first-order valence-corrected chi connectivity index (χ1v) is 4.54. The van der Waals surface area contributed by atoms with Crippen molar-refractivity contribution in [1.82, 2.24) is 9.97 Å². The molecule has 0 saturated carbocycles. The number of aromatic amines is 1. The first-order chi connectivity index (χ1) is 8.08. The maximum Gasteiger partial charge on any atom is 0.295 e. The van der Waals surface area contributed by atoms with Crippen molar-refractivity contribution in [1.29, 1.82) is 0 Å². The normalized spacial score (nSPS) is 10.2. The van der Waals surface area contributed by atoms with Crippen molar-refractivity contribution in [2.75, 3.05) is 5.73 Å². The third-order valence-electron chi connectivity index (χ3n) is 1.92. The molecule has 3 N–H and O–H groups in total. The molecule has 0 bridgehead atoms. The van der Waals surface area contributed by atoms with Crippen molar-refractivity contribution in [3.63, 3.8) is 0 Å². The summed E-state index contributed by atoms with van der Waals surface area (Å²) >= 11 is 0. The molecule has 1 heterocycles. The minimum Gasteiger partial charge on any atom is -0.447 e. The van der Waals surface area contributed by atoms with Gasteiger partial charge >= 0.3 is 0 Å². The van der Waals surface area contributed by atoms with Crippen LogP contribution in [0.15, 0.2) is 29.2 Å². The molecule has 17 heavy (non-hydrogen) atoms. The lowest BCUT2D eigenvalue weighted by atomic mass is 10.3. The number of rotatable bonds is 2. The fourth-order valence-corrected chi connectivity index (χ4v) is 1.15. The SMILES string of the molecule is Nc1ncc(Oc2cccc(F)c2F)c(=O)[nH]1. The van der Waals surface area contributed by atoms with Gasteiger partial charge in [-0.2, -0.15) is 4.39 Å². The van der Waals surface area contributed by atoms with Crippen LogP contribution in [0.3, 0.4) is 0 Å². The number of nitrogens with zero attached hydrogens (tertiary/aromatic N) is 1. The Morgan fingerprint density at radius 1 is 1.29 bits per heavy atom. The number of halogens is 2. The van der Waals surface area contributed by atoms with Crippen LogP contribution in [0.5, 0.6) is 11.5 Å². The molecule has 1 aromatic carbocycles. The van der Waals surface area contributed by atoms with Crippen LogP contribution < -0.4 is 16.0 Å². The lowest BCUT2D eigenvalue weighted by Gasteiger charge is -2.05. The fraction of sp³-hybridized carbons (Fsp3) is 0. The molecule has 0 amide bonds. The monoisotopic (exact) mass is 239 g/mol. The largest absolute Gasteiger partial charge is 0.447 e. The van der Waals surface area contributed by atoms with Crippen molar-refractivity contribution in [3.05, 3.63) is 46.4 Å². The Kier molecular flexibility index (Phi) is 2.73. The second kappa shape index (κ2) is 4.20. The van der Waals surface area contributed by atoms with E-state index in [-0.39, 0.29) is 11.7 Å². The van der Waals surface area contributed by atoms with E-state index in [1.54, 1.807) is 0 Å². The molecule has 5 nitrogen and oxygen atoms in total. The minimum atomic E-state index is -1.18. The van der Waals surface area contributed by atoms with Crippen LogP contribution in [0, 0.1) is 11.6 Å². The van der Waals surface area contributed by atoms with Gasteiger partial charge in [0.1, 0.15) is 0 Å². The van der Waals surface area contributed by atoms with Gasteiger partial charge in [-0.1, -0.05) is 6.07 Å². The number of H-pyrrole nitrogens is 1. The predicted molar refractivity (Wildman–Crippen MR) is 55.7 cm³/mol. The van der Waals surface area contributed by atoms with E-state index in [0.717, 1.165) is 12.3 Å². The number of ether oxygens (including phenoxy) is 1. The maximum absolute atomic E-state index is 13.2. The van der Waals surface area contributed by atoms with Gasteiger partial charge in [-0.3, -0.25) is 9.78 Å². The molecule has 0 unspecified atom stereocenters. The van der Waals surface area contributed by atoms with Gasteiger partial charge in [0.05, 0.1) is 6.20 Å². The summed E-state index contributed by atoms with van der Waals surface area (Å²) in [5, 5.41) is 0. The summed E-state index contributed by atoms with van der Waals surface area (Å²) in [5.41, 5.74) is 4.54. The Hall–Kier alpha value is -2.44. The Morgan fingerprint density at radius 3 is 2.76 bits per heavy atom. The third kappa shape index (κ3) is 2.22. The van der Waals surface area contributed by atoms with E-state index in [4.69, 9.17) is 10.5 Å². The topological polar surface area (TPSA) is 81.0 Å². The molecule has 7 heteroatoms. The second-order valence-corrected chi connectivity index (χ2v) is 3.12. The summed E-state index contributed by atoms with van der Waals surface area (Å²) in [7, 11) is 0. The lowest BCUT2D eigenvalue weighted by Crippen LogP contribution is -2.12. The summed E-state index contributed by atoms with van der Waals surface area (Å²) in [6, 6.07) is 3.38. The molecule has 0 aliphatic rings. The van der Waals surface area contributed by atoms with Crippen molar-refractivity contribution >= 4 is 5.95 Å². The zero-order valence-corrected chi connectivity index (χ0v) is 8.41. The van der Waals surface area contributed by atoms with Crippen LogP contribution >= 0.6 is 0 Å². The number of aromatic nitrogens is 2. The molecule has 0 radical (unpaired) electrons. The van der Waals surface area contributed by atoms with E-state index < -0.39 is 22.9 Å². The first-order valence-electron chi connectivity index (χ1n) is 4.54. The van der Waals surface area contributed by atoms with Gasteiger partial charge in [0.2, 0.25) is 11.6 Å². The van der Waals surface area contributed by atoms with Crippen molar-refractivity contribution < 1.29 is 13.5 Å². The Balaban J connectivity index is 2.38. The smallest absolute Gasteiger partial charge is 0.295 e. The quantitative estimate of drug-likeness (QED) is 0.830. The van der Waals surface area contributed by atoms with Crippen LogP contribution in [0.4, 0.5) is 14.7 Å².